The van der Waals surface area contributed by atoms with Crippen molar-refractivity contribution in [1.82, 2.24) is 9.55 Å². The highest BCUT2D eigenvalue weighted by molar-refractivity contribution is 5.79. The first-order chi connectivity index (χ1) is 7.06. The number of nitrogens with zero attached hydrogens (tertiary/aromatic N) is 2. The number of hydrogen-bond donors (Lipinski definition) is 0. The molecule has 0 unspecified atom stereocenters. The quantitative estimate of drug-likeness (QED) is 0.604. The molecule has 0 N–H and O–H groups in total. The van der Waals surface area contributed by atoms with E-state index in [-0.39, 0.29) is 11.1 Å². The van der Waals surface area contributed by atoms with Crippen LogP contribution in [0.15, 0.2) is 6.07 Å². The van der Waals surface area contributed by atoms with E-state index in [0.717, 1.165) is 0 Å². The molecule has 76 valence electrons. The van der Waals surface area contributed by atoms with E-state index in [2.05, 4.69) is 4.98 Å². The van der Waals surface area contributed by atoms with Crippen LogP contribution >= 0.6 is 0 Å². The minimum Gasteiger partial charge on any atom is -0.331 e. The van der Waals surface area contributed by atoms with Gasteiger partial charge in [-0.1, -0.05) is 5.92 Å². The highest BCUT2D eigenvalue weighted by Crippen LogP contribution is 2.23. The first-order valence-electron chi connectivity index (χ1n) is 4.34. The van der Waals surface area contributed by atoms with Gasteiger partial charge < -0.3 is 4.57 Å². The average Bonchev–Trinajstić information content (AvgIpc) is 2.46. The van der Waals surface area contributed by atoms with Crippen LogP contribution in [0.4, 0.5) is 8.78 Å². The van der Waals surface area contributed by atoms with Crippen LogP contribution in [0.5, 0.6) is 0 Å². The molecule has 0 aliphatic rings. The van der Waals surface area contributed by atoms with Gasteiger partial charge in [0, 0.05) is 13.1 Å². The van der Waals surface area contributed by atoms with Crippen molar-refractivity contribution in [3.63, 3.8) is 0 Å². The molecule has 1 heterocycles. The van der Waals surface area contributed by atoms with Crippen molar-refractivity contribution in [3.05, 3.63) is 29.1 Å². The Balaban J connectivity index is 2.99. The Morgan fingerprint density at radius 1 is 1.47 bits per heavy atom. The minimum atomic E-state index is -0.767. The number of terminal acetylenes is 1. The third-order valence-electron chi connectivity index (χ3n) is 2.44. The highest BCUT2D eigenvalue weighted by atomic mass is 19.1. The summed E-state index contributed by atoms with van der Waals surface area (Å²) in [7, 11) is 1.69. The zero-order valence-electron chi connectivity index (χ0n) is 8.31. The van der Waals surface area contributed by atoms with Gasteiger partial charge in [-0.05, 0) is 6.92 Å². The van der Waals surface area contributed by atoms with Crippen molar-refractivity contribution in [1.29, 1.82) is 0 Å². The highest BCUT2D eigenvalue weighted by Gasteiger charge is 2.16. The lowest BCUT2D eigenvalue weighted by molar-refractivity contribution is 0.584. The third-order valence-corrected chi connectivity index (χ3v) is 2.44. The summed E-state index contributed by atoms with van der Waals surface area (Å²) in [6.07, 6.45) is 5.02. The fourth-order valence-electron chi connectivity index (χ4n) is 1.50. The second kappa shape index (κ2) is 3.06. The molecule has 2 rings (SSSR count). The number of benzene rings is 1. The Kier molecular flexibility index (Phi) is 1.97. The molecular formula is C11H8F2N2. The fraction of sp³-hybridized carbons (Fsp3) is 0.182. The van der Waals surface area contributed by atoms with Gasteiger partial charge in [0.15, 0.2) is 5.82 Å². The van der Waals surface area contributed by atoms with Crippen LogP contribution in [0.2, 0.25) is 0 Å². The van der Waals surface area contributed by atoms with Gasteiger partial charge in [0.25, 0.3) is 0 Å². The van der Waals surface area contributed by atoms with E-state index in [9.17, 15) is 8.78 Å². The van der Waals surface area contributed by atoms with Crippen LogP contribution in [0, 0.1) is 30.9 Å². The predicted molar refractivity (Wildman–Crippen MR) is 53.3 cm³/mol. The molecule has 4 heteroatoms. The first kappa shape index (κ1) is 9.66. The molecule has 0 aliphatic carbocycles. The second-order valence-corrected chi connectivity index (χ2v) is 3.28. The van der Waals surface area contributed by atoms with Crippen LogP contribution in [0.3, 0.4) is 0 Å². The lowest BCUT2D eigenvalue weighted by atomic mass is 10.2. The standard InChI is InChI=1S/C11H8F2N2/c1-4-7-8(12)5-9-11(10(7)13)14-6(2)15(9)3/h1,5H,2-3H3. The number of imidazole rings is 1. The normalized spacial score (nSPS) is 10.6. The van der Waals surface area contributed by atoms with Gasteiger partial charge in [-0.2, -0.15) is 0 Å². The molecule has 0 fully saturated rings. The Labute approximate surface area is 85.5 Å². The first-order valence-corrected chi connectivity index (χ1v) is 4.34. The third kappa shape index (κ3) is 1.20. The van der Waals surface area contributed by atoms with Crippen molar-refractivity contribution >= 4 is 11.0 Å². The van der Waals surface area contributed by atoms with Gasteiger partial charge in [0.1, 0.15) is 17.2 Å². The van der Waals surface area contributed by atoms with Gasteiger partial charge in [0.05, 0.1) is 11.1 Å². The molecule has 0 amide bonds. The lowest BCUT2D eigenvalue weighted by Gasteiger charge is -2.00. The Morgan fingerprint density at radius 2 is 2.13 bits per heavy atom. The van der Waals surface area contributed by atoms with Crippen molar-refractivity contribution < 1.29 is 8.78 Å². The second-order valence-electron chi connectivity index (χ2n) is 3.28. The van der Waals surface area contributed by atoms with E-state index in [1.807, 2.05) is 5.92 Å². The van der Waals surface area contributed by atoms with Crippen molar-refractivity contribution in [2.45, 2.75) is 6.92 Å². The summed E-state index contributed by atoms with van der Waals surface area (Å²) in [5, 5.41) is 0. The molecular weight excluding hydrogens is 198 g/mol. The summed E-state index contributed by atoms with van der Waals surface area (Å²) in [4.78, 5) is 3.99. The molecule has 1 aromatic heterocycles. The van der Waals surface area contributed by atoms with Crippen LogP contribution in [0.25, 0.3) is 11.0 Å². The number of aromatic nitrogens is 2. The monoisotopic (exact) mass is 206 g/mol. The van der Waals surface area contributed by atoms with Crippen LogP contribution in [0.1, 0.15) is 11.4 Å². The average molecular weight is 206 g/mol. The zero-order valence-corrected chi connectivity index (χ0v) is 8.31. The van der Waals surface area contributed by atoms with Crippen LogP contribution < -0.4 is 0 Å². The van der Waals surface area contributed by atoms with Crippen molar-refractivity contribution in [3.8, 4) is 12.3 Å². The number of halogens is 2. The smallest absolute Gasteiger partial charge is 0.169 e. The van der Waals surface area contributed by atoms with E-state index in [4.69, 9.17) is 6.42 Å². The maximum Gasteiger partial charge on any atom is 0.169 e. The number of fused-ring (bicyclic) bond motifs is 1. The largest absolute Gasteiger partial charge is 0.331 e. The predicted octanol–water partition coefficient (Wildman–Crippen LogP) is 2.14. The zero-order chi connectivity index (χ0) is 11.2. The summed E-state index contributed by atoms with van der Waals surface area (Å²) < 4.78 is 28.6. The van der Waals surface area contributed by atoms with Gasteiger partial charge >= 0.3 is 0 Å². The van der Waals surface area contributed by atoms with Crippen molar-refractivity contribution in [2.75, 3.05) is 0 Å². The molecule has 1 aromatic carbocycles. The van der Waals surface area contributed by atoms with E-state index in [0.29, 0.717) is 11.3 Å². The molecule has 2 nitrogen and oxygen atoms in total. The number of hydrogen-bond acceptors (Lipinski definition) is 1. The Hall–Kier alpha value is -1.89. The molecule has 15 heavy (non-hydrogen) atoms. The molecule has 0 saturated heterocycles. The molecule has 0 atom stereocenters. The molecule has 0 spiro atoms. The summed E-state index contributed by atoms with van der Waals surface area (Å²) >= 11 is 0. The van der Waals surface area contributed by atoms with Gasteiger partial charge in [-0.25, -0.2) is 13.8 Å². The van der Waals surface area contributed by atoms with Gasteiger partial charge in [0.2, 0.25) is 0 Å². The number of rotatable bonds is 0. The SMILES string of the molecule is C#Cc1c(F)cc2c(nc(C)n2C)c1F. The molecule has 0 radical (unpaired) electrons. The molecule has 2 aromatic rings. The topological polar surface area (TPSA) is 17.8 Å². The Morgan fingerprint density at radius 3 is 2.73 bits per heavy atom. The maximum absolute atomic E-state index is 13.7. The minimum absolute atomic E-state index is 0.115. The fourth-order valence-corrected chi connectivity index (χ4v) is 1.50. The van der Waals surface area contributed by atoms with Crippen LogP contribution in [-0.4, -0.2) is 9.55 Å². The van der Waals surface area contributed by atoms with E-state index >= 15 is 0 Å². The summed E-state index contributed by atoms with van der Waals surface area (Å²) in [6, 6.07) is 1.20. The number of aryl methyl sites for hydroxylation is 2. The molecule has 0 bridgehead atoms. The van der Waals surface area contributed by atoms with Crippen LogP contribution in [-0.2, 0) is 7.05 Å². The summed E-state index contributed by atoms with van der Waals surface area (Å²) in [6.45, 7) is 1.72. The molecule has 0 aliphatic heterocycles. The lowest BCUT2D eigenvalue weighted by Crippen LogP contribution is -1.94. The van der Waals surface area contributed by atoms with Gasteiger partial charge in [-0.15, -0.1) is 6.42 Å². The summed E-state index contributed by atoms with van der Waals surface area (Å²) in [5.74, 6) is 1.10. The van der Waals surface area contributed by atoms with Crippen molar-refractivity contribution in [2.24, 2.45) is 7.05 Å². The molecule has 0 saturated carbocycles. The summed E-state index contributed by atoms with van der Waals surface area (Å²) in [5.41, 5.74) is 0.159. The van der Waals surface area contributed by atoms with E-state index < -0.39 is 11.6 Å². The van der Waals surface area contributed by atoms with E-state index in [1.54, 1.807) is 18.5 Å². The van der Waals surface area contributed by atoms with E-state index in [1.165, 1.54) is 6.07 Å². The van der Waals surface area contributed by atoms with Gasteiger partial charge in [-0.3, -0.25) is 0 Å². The Bertz CT molecular complexity index is 591. The maximum atomic E-state index is 13.7.